The first-order chi connectivity index (χ1) is 16.5. The van der Waals surface area contributed by atoms with Crippen LogP contribution in [0.4, 0.5) is 18.0 Å². The number of fused-ring (bicyclic) bond motifs is 3. The molecule has 3 N–H and O–H groups in total. The summed E-state index contributed by atoms with van der Waals surface area (Å²) >= 11 is 0. The standard InChI is InChI=1S/C25H25F3N2O5/c1-24(22(32)33,25(26,27)28)30-21(31)20(12-14-10-11-14)29-23(34)35-13-19-17-8-4-2-6-15(17)16-7-3-5-9-18(16)19/h2-9,14,19-20H,10-13H2,1H3,(H,29,34)(H,30,31)(H,32,33). The highest BCUT2D eigenvalue weighted by Crippen LogP contribution is 2.44. The van der Waals surface area contributed by atoms with Crippen LogP contribution in [0.2, 0.25) is 0 Å². The maximum Gasteiger partial charge on any atom is 0.422 e. The van der Waals surface area contributed by atoms with Crippen LogP contribution in [0, 0.1) is 5.92 Å². The number of hydrogen-bond donors (Lipinski definition) is 3. The van der Waals surface area contributed by atoms with Crippen molar-refractivity contribution in [1.82, 2.24) is 10.6 Å². The fourth-order valence-electron chi connectivity index (χ4n) is 4.28. The number of ether oxygens (including phenoxy) is 1. The van der Waals surface area contributed by atoms with E-state index in [0.717, 1.165) is 35.1 Å². The van der Waals surface area contributed by atoms with Gasteiger partial charge in [0, 0.05) is 5.92 Å². The SMILES string of the molecule is CC(NC(=O)C(CC1CC1)NC(=O)OCC1c2ccccc2-c2ccccc21)(C(=O)O)C(F)(F)F. The van der Waals surface area contributed by atoms with E-state index in [1.807, 2.05) is 48.5 Å². The largest absolute Gasteiger partial charge is 0.479 e. The van der Waals surface area contributed by atoms with Crippen LogP contribution in [0.3, 0.4) is 0 Å². The number of carboxylic acids is 1. The highest BCUT2D eigenvalue weighted by atomic mass is 19.4. The van der Waals surface area contributed by atoms with E-state index >= 15 is 0 Å². The molecule has 0 aromatic heterocycles. The van der Waals surface area contributed by atoms with Gasteiger partial charge in [0.25, 0.3) is 0 Å². The van der Waals surface area contributed by atoms with Gasteiger partial charge in [0.2, 0.25) is 11.4 Å². The molecule has 7 nitrogen and oxygen atoms in total. The Balaban J connectivity index is 1.44. The van der Waals surface area contributed by atoms with Crippen LogP contribution >= 0.6 is 0 Å². The Morgan fingerprint density at radius 2 is 1.57 bits per heavy atom. The number of benzene rings is 2. The van der Waals surface area contributed by atoms with Crippen LogP contribution in [-0.4, -0.2) is 47.4 Å². The molecule has 0 saturated heterocycles. The van der Waals surface area contributed by atoms with E-state index in [4.69, 9.17) is 9.84 Å². The lowest BCUT2D eigenvalue weighted by Gasteiger charge is -2.30. The van der Waals surface area contributed by atoms with Gasteiger partial charge in [-0.05, 0) is 41.5 Å². The Hall–Kier alpha value is -3.56. The fraction of sp³-hybridized carbons (Fsp3) is 0.400. The summed E-state index contributed by atoms with van der Waals surface area (Å²) in [6.07, 6.45) is -4.57. The molecule has 35 heavy (non-hydrogen) atoms. The highest BCUT2D eigenvalue weighted by Gasteiger charge is 2.59. The van der Waals surface area contributed by atoms with Gasteiger partial charge in [-0.25, -0.2) is 9.59 Å². The molecule has 0 radical (unpaired) electrons. The minimum atomic E-state index is -5.23. The molecule has 2 aliphatic rings. The summed E-state index contributed by atoms with van der Waals surface area (Å²) < 4.78 is 45.4. The minimum absolute atomic E-state index is 0.0347. The molecule has 186 valence electrons. The number of carboxylic acid groups (broad SMARTS) is 1. The summed E-state index contributed by atoms with van der Waals surface area (Å²) in [5.41, 5.74) is 0.535. The molecule has 0 heterocycles. The minimum Gasteiger partial charge on any atom is -0.479 e. The van der Waals surface area contributed by atoms with Crippen molar-refractivity contribution in [2.24, 2.45) is 5.92 Å². The first-order valence-corrected chi connectivity index (χ1v) is 11.2. The van der Waals surface area contributed by atoms with Crippen molar-refractivity contribution in [2.75, 3.05) is 6.61 Å². The number of carbonyl (C=O) groups excluding carboxylic acids is 2. The summed E-state index contributed by atoms with van der Waals surface area (Å²) in [6.45, 7) is 0.335. The van der Waals surface area contributed by atoms with Gasteiger partial charge in [0.15, 0.2) is 0 Å². The molecule has 2 atom stereocenters. The van der Waals surface area contributed by atoms with Gasteiger partial charge in [0.05, 0.1) is 0 Å². The maximum atomic E-state index is 13.3. The van der Waals surface area contributed by atoms with Crippen LogP contribution in [0.1, 0.15) is 43.2 Å². The molecule has 0 aliphatic heterocycles. The van der Waals surface area contributed by atoms with Crippen LogP contribution in [0.5, 0.6) is 0 Å². The van der Waals surface area contributed by atoms with Crippen molar-refractivity contribution in [2.45, 2.75) is 49.9 Å². The molecule has 2 aromatic rings. The second-order valence-electron chi connectivity index (χ2n) is 9.12. The molecule has 0 bridgehead atoms. The lowest BCUT2D eigenvalue weighted by molar-refractivity contribution is -0.207. The quantitative estimate of drug-likeness (QED) is 0.514. The molecule has 2 aromatic carbocycles. The lowest BCUT2D eigenvalue weighted by atomic mass is 9.98. The molecule has 10 heteroatoms. The number of carbonyl (C=O) groups is 3. The van der Waals surface area contributed by atoms with Gasteiger partial charge in [0.1, 0.15) is 12.6 Å². The van der Waals surface area contributed by atoms with E-state index in [-0.39, 0.29) is 24.9 Å². The Morgan fingerprint density at radius 3 is 2.06 bits per heavy atom. The van der Waals surface area contributed by atoms with Gasteiger partial charge < -0.3 is 20.5 Å². The van der Waals surface area contributed by atoms with E-state index in [1.165, 1.54) is 0 Å². The van der Waals surface area contributed by atoms with E-state index in [9.17, 15) is 27.6 Å². The van der Waals surface area contributed by atoms with Crippen molar-refractivity contribution in [3.05, 3.63) is 59.7 Å². The average molecular weight is 490 g/mol. The number of alkyl halides is 3. The molecule has 1 saturated carbocycles. The highest BCUT2D eigenvalue weighted by molar-refractivity contribution is 5.91. The zero-order chi connectivity index (χ0) is 25.4. The Labute approximate surface area is 199 Å². The normalized spacial score (nSPS) is 17.5. The van der Waals surface area contributed by atoms with Gasteiger partial charge in [-0.1, -0.05) is 61.4 Å². The molecule has 2 unspecified atom stereocenters. The van der Waals surface area contributed by atoms with Gasteiger partial charge in [-0.2, -0.15) is 13.2 Å². The van der Waals surface area contributed by atoms with E-state index < -0.39 is 35.7 Å². The Morgan fingerprint density at radius 1 is 1.03 bits per heavy atom. The van der Waals surface area contributed by atoms with Crippen LogP contribution in [0.25, 0.3) is 11.1 Å². The zero-order valence-corrected chi connectivity index (χ0v) is 18.9. The summed E-state index contributed by atoms with van der Waals surface area (Å²) in [5, 5.41) is 13.0. The first kappa shape index (κ1) is 24.6. The monoisotopic (exact) mass is 490 g/mol. The number of hydrogen-bond acceptors (Lipinski definition) is 4. The van der Waals surface area contributed by atoms with Gasteiger partial charge in [-0.3, -0.25) is 4.79 Å². The Bertz CT molecular complexity index is 1100. The van der Waals surface area contributed by atoms with Crippen molar-refractivity contribution in [1.29, 1.82) is 0 Å². The third kappa shape index (κ3) is 4.96. The smallest absolute Gasteiger partial charge is 0.422 e. The van der Waals surface area contributed by atoms with Gasteiger partial charge >= 0.3 is 18.2 Å². The maximum absolute atomic E-state index is 13.3. The second kappa shape index (κ2) is 9.24. The number of nitrogens with one attached hydrogen (secondary N) is 2. The third-order valence-electron chi connectivity index (χ3n) is 6.59. The summed E-state index contributed by atoms with van der Waals surface area (Å²) in [6, 6.07) is 14.1. The predicted molar refractivity (Wildman–Crippen MR) is 120 cm³/mol. The number of halogens is 3. The van der Waals surface area contributed by atoms with Gasteiger partial charge in [-0.15, -0.1) is 0 Å². The average Bonchev–Trinajstić information content (AvgIpc) is 3.57. The summed E-state index contributed by atoms with van der Waals surface area (Å²) in [4.78, 5) is 36.5. The molecule has 4 rings (SSSR count). The molecule has 0 spiro atoms. The Kier molecular flexibility index (Phi) is 6.48. The van der Waals surface area contributed by atoms with Crippen LogP contribution in [-0.2, 0) is 14.3 Å². The van der Waals surface area contributed by atoms with Crippen LogP contribution < -0.4 is 10.6 Å². The summed E-state index contributed by atoms with van der Waals surface area (Å²) in [7, 11) is 0. The third-order valence-corrected chi connectivity index (χ3v) is 6.59. The second-order valence-corrected chi connectivity index (χ2v) is 9.12. The van der Waals surface area contributed by atoms with Crippen molar-refractivity contribution >= 4 is 18.0 Å². The fourth-order valence-corrected chi connectivity index (χ4v) is 4.28. The molecule has 2 aliphatic carbocycles. The van der Waals surface area contributed by atoms with E-state index in [2.05, 4.69) is 5.32 Å². The van der Waals surface area contributed by atoms with Crippen molar-refractivity contribution in [3.8, 4) is 11.1 Å². The van der Waals surface area contributed by atoms with E-state index in [1.54, 1.807) is 5.32 Å². The molecule has 2 amide bonds. The molecule has 1 fully saturated rings. The first-order valence-electron chi connectivity index (χ1n) is 11.2. The van der Waals surface area contributed by atoms with E-state index in [0.29, 0.717) is 6.92 Å². The van der Waals surface area contributed by atoms with Crippen molar-refractivity contribution < 1.29 is 37.4 Å². The molecular weight excluding hydrogens is 465 g/mol. The summed E-state index contributed by atoms with van der Waals surface area (Å²) in [5.74, 6) is -3.65. The van der Waals surface area contributed by atoms with Crippen molar-refractivity contribution in [3.63, 3.8) is 0 Å². The molecular formula is C25H25F3N2O5. The number of alkyl carbamates (subject to hydrolysis) is 1. The predicted octanol–water partition coefficient (Wildman–Crippen LogP) is 4.22. The number of amides is 2. The topological polar surface area (TPSA) is 105 Å². The number of rotatable bonds is 8. The number of aliphatic carboxylic acids is 1. The van der Waals surface area contributed by atoms with Crippen LogP contribution in [0.15, 0.2) is 48.5 Å². The zero-order valence-electron chi connectivity index (χ0n) is 18.9. The lowest BCUT2D eigenvalue weighted by Crippen LogP contribution is -2.64.